The SMILES string of the molecule is CN=C(C)c1c(C)ccc2ccc[c-]c12.[Ir]. The van der Waals surface area contributed by atoms with Gasteiger partial charge in [-0.15, -0.1) is 35.0 Å². The average Bonchev–Trinajstić information content (AvgIpc) is 2.28. The van der Waals surface area contributed by atoms with Crippen LogP contribution in [0, 0.1) is 13.0 Å². The zero-order chi connectivity index (χ0) is 10.8. The first-order valence-corrected chi connectivity index (χ1v) is 5.08. The van der Waals surface area contributed by atoms with Crippen LogP contribution in [0.5, 0.6) is 0 Å². The maximum Gasteiger partial charge on any atom is 0.0270 e. The summed E-state index contributed by atoms with van der Waals surface area (Å²) in [7, 11) is 1.83. The number of benzene rings is 2. The van der Waals surface area contributed by atoms with Crippen LogP contribution in [0.2, 0.25) is 0 Å². The fourth-order valence-electron chi connectivity index (χ4n) is 1.88. The summed E-state index contributed by atoms with van der Waals surface area (Å²) in [6.45, 7) is 4.16. The summed E-state index contributed by atoms with van der Waals surface area (Å²) >= 11 is 0. The maximum absolute atomic E-state index is 4.27. The van der Waals surface area contributed by atoms with Crippen LogP contribution in [0.15, 0.2) is 35.3 Å². The van der Waals surface area contributed by atoms with Crippen LogP contribution in [-0.4, -0.2) is 12.8 Å². The standard InChI is InChI=1S/C14H14N.Ir/c1-10-8-9-12-6-4-5-7-13(12)14(10)11(2)15-3;/h4-6,8-9H,1-3H3;/q-1;. The molecule has 0 aliphatic carbocycles. The van der Waals surface area contributed by atoms with Crippen molar-refractivity contribution in [1.29, 1.82) is 0 Å². The molecule has 0 atom stereocenters. The van der Waals surface area contributed by atoms with Gasteiger partial charge in [-0.05, 0) is 19.6 Å². The van der Waals surface area contributed by atoms with Gasteiger partial charge in [-0.3, -0.25) is 0 Å². The van der Waals surface area contributed by atoms with Gasteiger partial charge in [0.25, 0.3) is 0 Å². The van der Waals surface area contributed by atoms with E-state index in [4.69, 9.17) is 0 Å². The minimum Gasteiger partial charge on any atom is -0.303 e. The molecular formula is C14H14IrN-. The molecule has 0 saturated carbocycles. The van der Waals surface area contributed by atoms with Crippen LogP contribution in [0.1, 0.15) is 18.1 Å². The second-order valence-corrected chi connectivity index (χ2v) is 3.70. The summed E-state index contributed by atoms with van der Waals surface area (Å²) in [5, 5.41) is 2.39. The van der Waals surface area contributed by atoms with Crippen molar-refractivity contribution in [3.8, 4) is 0 Å². The molecule has 1 nitrogen and oxygen atoms in total. The van der Waals surface area contributed by atoms with E-state index in [0.29, 0.717) is 0 Å². The molecule has 2 rings (SSSR count). The normalized spacial score (nSPS) is 11.3. The summed E-state index contributed by atoms with van der Waals surface area (Å²) in [4.78, 5) is 4.27. The molecular weight excluding hydrogens is 374 g/mol. The number of fused-ring (bicyclic) bond motifs is 1. The minimum atomic E-state index is 0. The largest absolute Gasteiger partial charge is 0.303 e. The molecule has 0 fully saturated rings. The third-order valence-electron chi connectivity index (χ3n) is 2.74. The molecule has 0 saturated heterocycles. The molecule has 2 heteroatoms. The van der Waals surface area contributed by atoms with Gasteiger partial charge in [0.05, 0.1) is 0 Å². The molecule has 0 aliphatic rings. The number of hydrogen-bond acceptors (Lipinski definition) is 1. The quantitative estimate of drug-likeness (QED) is 0.525. The van der Waals surface area contributed by atoms with E-state index in [1.807, 2.05) is 26.1 Å². The first-order valence-electron chi connectivity index (χ1n) is 5.08. The summed E-state index contributed by atoms with van der Waals surface area (Å²) in [6, 6.07) is 13.6. The van der Waals surface area contributed by atoms with Gasteiger partial charge < -0.3 is 4.99 Å². The number of aryl methyl sites for hydroxylation is 1. The zero-order valence-electron chi connectivity index (χ0n) is 9.67. The van der Waals surface area contributed by atoms with Gasteiger partial charge in [0.1, 0.15) is 0 Å². The smallest absolute Gasteiger partial charge is 0.0270 e. The van der Waals surface area contributed by atoms with Gasteiger partial charge in [0.15, 0.2) is 0 Å². The van der Waals surface area contributed by atoms with Crippen LogP contribution >= 0.6 is 0 Å². The molecule has 0 amide bonds. The molecule has 2 aromatic rings. The van der Waals surface area contributed by atoms with Crippen molar-refractivity contribution in [2.45, 2.75) is 13.8 Å². The Hall–Kier alpha value is -0.981. The Balaban J connectivity index is 0.00000128. The Bertz CT molecular complexity index is 529. The minimum absolute atomic E-state index is 0. The Morgan fingerprint density at radius 3 is 2.69 bits per heavy atom. The molecule has 0 aromatic heterocycles. The van der Waals surface area contributed by atoms with Crippen molar-refractivity contribution >= 4 is 16.5 Å². The predicted molar refractivity (Wildman–Crippen MR) is 65.7 cm³/mol. The van der Waals surface area contributed by atoms with E-state index in [2.05, 4.69) is 36.2 Å². The average molecular weight is 388 g/mol. The van der Waals surface area contributed by atoms with Crippen molar-refractivity contribution in [2.75, 3.05) is 7.05 Å². The summed E-state index contributed by atoms with van der Waals surface area (Å²) in [6.07, 6.45) is 0. The van der Waals surface area contributed by atoms with E-state index in [9.17, 15) is 0 Å². The van der Waals surface area contributed by atoms with E-state index in [1.54, 1.807) is 0 Å². The molecule has 2 aromatic carbocycles. The number of hydrogen-bond donors (Lipinski definition) is 0. The number of aliphatic imine (C=N–C) groups is 1. The fourth-order valence-corrected chi connectivity index (χ4v) is 1.88. The Morgan fingerprint density at radius 2 is 2.00 bits per heavy atom. The van der Waals surface area contributed by atoms with E-state index in [0.717, 1.165) is 5.71 Å². The molecule has 0 unspecified atom stereocenters. The molecule has 85 valence electrons. The maximum atomic E-state index is 4.27. The van der Waals surface area contributed by atoms with Crippen molar-refractivity contribution in [1.82, 2.24) is 0 Å². The van der Waals surface area contributed by atoms with Gasteiger partial charge in [-0.2, -0.15) is 0 Å². The predicted octanol–water partition coefficient (Wildman–Crippen LogP) is 3.38. The van der Waals surface area contributed by atoms with Crippen LogP contribution in [0.25, 0.3) is 10.8 Å². The summed E-state index contributed by atoms with van der Waals surface area (Å²) in [5.74, 6) is 0. The third kappa shape index (κ3) is 2.23. The van der Waals surface area contributed by atoms with Crippen molar-refractivity contribution in [2.24, 2.45) is 4.99 Å². The first-order chi connectivity index (χ1) is 7.24. The van der Waals surface area contributed by atoms with Crippen LogP contribution in [0.3, 0.4) is 0 Å². The number of nitrogens with zero attached hydrogens (tertiary/aromatic N) is 1. The Morgan fingerprint density at radius 1 is 1.25 bits per heavy atom. The van der Waals surface area contributed by atoms with Gasteiger partial charge in [0.2, 0.25) is 0 Å². The topological polar surface area (TPSA) is 12.4 Å². The summed E-state index contributed by atoms with van der Waals surface area (Å²) < 4.78 is 0. The van der Waals surface area contributed by atoms with E-state index in [-0.39, 0.29) is 20.1 Å². The Kier molecular flexibility index (Phi) is 4.40. The van der Waals surface area contributed by atoms with E-state index in [1.165, 1.54) is 21.9 Å². The van der Waals surface area contributed by atoms with Crippen molar-refractivity contribution in [3.63, 3.8) is 0 Å². The van der Waals surface area contributed by atoms with Crippen molar-refractivity contribution < 1.29 is 20.1 Å². The van der Waals surface area contributed by atoms with Crippen LogP contribution in [0.4, 0.5) is 0 Å². The number of rotatable bonds is 1. The van der Waals surface area contributed by atoms with Gasteiger partial charge in [-0.1, -0.05) is 23.3 Å². The molecule has 0 aliphatic heterocycles. The van der Waals surface area contributed by atoms with Gasteiger partial charge >= 0.3 is 0 Å². The fraction of sp³-hybridized carbons (Fsp3) is 0.214. The van der Waals surface area contributed by atoms with Gasteiger partial charge in [0, 0.05) is 27.2 Å². The molecule has 0 heterocycles. The second-order valence-electron chi connectivity index (χ2n) is 3.70. The molecule has 0 bridgehead atoms. The Labute approximate surface area is 110 Å². The van der Waals surface area contributed by atoms with Crippen LogP contribution < -0.4 is 0 Å². The second kappa shape index (κ2) is 5.38. The van der Waals surface area contributed by atoms with Gasteiger partial charge in [-0.25, -0.2) is 0 Å². The monoisotopic (exact) mass is 389 g/mol. The molecule has 0 spiro atoms. The first kappa shape index (κ1) is 13.1. The summed E-state index contributed by atoms with van der Waals surface area (Å²) in [5.41, 5.74) is 3.55. The molecule has 0 N–H and O–H groups in total. The molecule has 16 heavy (non-hydrogen) atoms. The van der Waals surface area contributed by atoms with Crippen molar-refractivity contribution in [3.05, 3.63) is 47.5 Å². The van der Waals surface area contributed by atoms with E-state index < -0.39 is 0 Å². The third-order valence-corrected chi connectivity index (χ3v) is 2.74. The van der Waals surface area contributed by atoms with Crippen LogP contribution in [-0.2, 0) is 20.1 Å². The van der Waals surface area contributed by atoms with E-state index >= 15 is 0 Å². The molecule has 1 radical (unpaired) electrons. The zero-order valence-corrected chi connectivity index (χ0v) is 12.1.